The van der Waals surface area contributed by atoms with Gasteiger partial charge >= 0.3 is 0 Å². The second-order valence-electron chi connectivity index (χ2n) is 5.99. The van der Waals surface area contributed by atoms with Crippen molar-refractivity contribution in [3.8, 4) is 5.75 Å². The molecule has 0 unspecified atom stereocenters. The molecule has 0 saturated heterocycles. The first-order valence-electron chi connectivity index (χ1n) is 7.05. The Hall–Kier alpha value is -2.29. The van der Waals surface area contributed by atoms with Gasteiger partial charge in [0, 0.05) is 26.3 Å². The summed E-state index contributed by atoms with van der Waals surface area (Å²) in [6.45, 7) is 6.39. The van der Waals surface area contributed by atoms with Crippen LogP contribution in [0, 0.1) is 0 Å². The van der Waals surface area contributed by atoms with Gasteiger partial charge in [0.05, 0.1) is 0 Å². The van der Waals surface area contributed by atoms with E-state index in [1.807, 2.05) is 75.4 Å². The Morgan fingerprint density at radius 3 is 2.19 bits per heavy atom. The highest BCUT2D eigenvalue weighted by Gasteiger charge is 2.23. The molecule has 0 heterocycles. The number of ether oxygens (including phenoxy) is 1. The van der Waals surface area contributed by atoms with Gasteiger partial charge in [-0.3, -0.25) is 5.21 Å². The molecule has 0 radical (unpaired) electrons. The van der Waals surface area contributed by atoms with Crippen LogP contribution in [0.15, 0.2) is 54.6 Å². The fourth-order valence-corrected chi connectivity index (χ4v) is 1.73. The normalized spacial score (nSPS) is 12.2. The van der Waals surface area contributed by atoms with Crippen molar-refractivity contribution in [2.24, 2.45) is 0 Å². The van der Waals surface area contributed by atoms with Gasteiger partial charge in [-0.15, -0.1) is 0 Å². The molecule has 0 fully saturated rings. The van der Waals surface area contributed by atoms with Gasteiger partial charge in [-0.2, -0.15) is 0 Å². The van der Waals surface area contributed by atoms with Crippen LogP contribution < -0.4 is 4.74 Å². The van der Waals surface area contributed by atoms with Crippen LogP contribution in [-0.4, -0.2) is 21.7 Å². The van der Waals surface area contributed by atoms with Gasteiger partial charge < -0.3 is 4.74 Å². The van der Waals surface area contributed by atoms with Crippen molar-refractivity contribution in [3.63, 3.8) is 0 Å². The SMILES string of the molecule is CC(C)(C)/[N+](O)=C/c1ccc(OCc2ccccc2)cc1. The lowest BCUT2D eigenvalue weighted by molar-refractivity contribution is -0.816. The highest BCUT2D eigenvalue weighted by atomic mass is 16.5. The van der Waals surface area contributed by atoms with Crippen LogP contribution in [0.1, 0.15) is 31.9 Å². The van der Waals surface area contributed by atoms with E-state index in [0.717, 1.165) is 16.9 Å². The minimum atomic E-state index is -0.317. The highest BCUT2D eigenvalue weighted by Crippen LogP contribution is 2.14. The molecule has 110 valence electrons. The molecule has 1 N–H and O–H groups in total. The Kier molecular flexibility index (Phi) is 4.63. The van der Waals surface area contributed by atoms with Gasteiger partial charge in [-0.05, 0) is 34.6 Å². The van der Waals surface area contributed by atoms with Crippen LogP contribution in [0.3, 0.4) is 0 Å². The Morgan fingerprint density at radius 1 is 1.00 bits per heavy atom. The predicted molar refractivity (Wildman–Crippen MR) is 84.2 cm³/mol. The molecule has 0 aliphatic heterocycles. The Bertz CT molecular complexity index is 595. The minimum absolute atomic E-state index is 0.317. The smallest absolute Gasteiger partial charge is 0.223 e. The number of hydrogen-bond acceptors (Lipinski definition) is 2. The zero-order valence-corrected chi connectivity index (χ0v) is 12.8. The first-order chi connectivity index (χ1) is 9.95. The molecule has 0 spiro atoms. The summed E-state index contributed by atoms with van der Waals surface area (Å²) >= 11 is 0. The third-order valence-corrected chi connectivity index (χ3v) is 3.09. The van der Waals surface area contributed by atoms with E-state index in [-0.39, 0.29) is 5.54 Å². The average Bonchev–Trinajstić information content (AvgIpc) is 2.46. The van der Waals surface area contributed by atoms with E-state index in [4.69, 9.17) is 4.74 Å². The summed E-state index contributed by atoms with van der Waals surface area (Å²) in [5.41, 5.74) is 1.75. The Morgan fingerprint density at radius 2 is 1.62 bits per heavy atom. The van der Waals surface area contributed by atoms with Crippen molar-refractivity contribution in [2.45, 2.75) is 32.9 Å². The molecule has 2 aromatic rings. The lowest BCUT2D eigenvalue weighted by Crippen LogP contribution is -2.31. The summed E-state index contributed by atoms with van der Waals surface area (Å²) in [6.07, 6.45) is 1.71. The Balaban J connectivity index is 1.99. The monoisotopic (exact) mass is 284 g/mol. The van der Waals surface area contributed by atoms with Crippen LogP contribution in [0.4, 0.5) is 0 Å². The van der Waals surface area contributed by atoms with Gasteiger partial charge in [-0.1, -0.05) is 30.3 Å². The molecule has 2 aromatic carbocycles. The number of hydroxylamine groups is 1. The molecule has 0 atom stereocenters. The molecular weight excluding hydrogens is 262 g/mol. The summed E-state index contributed by atoms with van der Waals surface area (Å²) < 4.78 is 6.94. The van der Waals surface area contributed by atoms with Gasteiger partial charge in [0.2, 0.25) is 11.8 Å². The average molecular weight is 284 g/mol. The Labute approximate surface area is 126 Å². The summed E-state index contributed by atoms with van der Waals surface area (Å²) in [6, 6.07) is 17.7. The topological polar surface area (TPSA) is 32.5 Å². The maximum absolute atomic E-state index is 9.91. The zero-order chi connectivity index (χ0) is 15.3. The summed E-state index contributed by atoms with van der Waals surface area (Å²) in [5, 5.41) is 9.91. The minimum Gasteiger partial charge on any atom is -0.489 e. The second-order valence-corrected chi connectivity index (χ2v) is 5.99. The molecule has 21 heavy (non-hydrogen) atoms. The van der Waals surface area contributed by atoms with Gasteiger partial charge in [0.15, 0.2) is 0 Å². The maximum atomic E-state index is 9.91. The molecule has 0 aliphatic carbocycles. The third kappa shape index (κ3) is 4.63. The quantitative estimate of drug-likeness (QED) is 0.400. The van der Waals surface area contributed by atoms with E-state index >= 15 is 0 Å². The molecule has 2 rings (SSSR count). The molecule has 0 amide bonds. The highest BCUT2D eigenvalue weighted by molar-refractivity contribution is 5.75. The van der Waals surface area contributed by atoms with E-state index in [9.17, 15) is 5.21 Å². The molecule has 0 aliphatic rings. The number of rotatable bonds is 4. The summed E-state index contributed by atoms with van der Waals surface area (Å²) in [5.74, 6) is 0.816. The fraction of sp³-hybridized carbons (Fsp3) is 0.278. The van der Waals surface area contributed by atoms with Gasteiger partial charge in [-0.25, -0.2) is 0 Å². The van der Waals surface area contributed by atoms with E-state index in [1.54, 1.807) is 6.21 Å². The molecule has 0 bridgehead atoms. The number of nitrogens with zero attached hydrogens (tertiary/aromatic N) is 1. The molecular formula is C18H22NO2+. The fourth-order valence-electron chi connectivity index (χ4n) is 1.73. The van der Waals surface area contributed by atoms with Crippen LogP contribution >= 0.6 is 0 Å². The largest absolute Gasteiger partial charge is 0.489 e. The van der Waals surface area contributed by atoms with Crippen LogP contribution in [0.2, 0.25) is 0 Å². The molecule has 3 heteroatoms. The number of benzene rings is 2. The summed E-state index contributed by atoms with van der Waals surface area (Å²) in [7, 11) is 0. The predicted octanol–water partition coefficient (Wildman–Crippen LogP) is 3.88. The van der Waals surface area contributed by atoms with Gasteiger partial charge in [0.1, 0.15) is 12.4 Å². The molecule has 0 aromatic heterocycles. The van der Waals surface area contributed by atoms with Crippen molar-refractivity contribution in [3.05, 3.63) is 65.7 Å². The van der Waals surface area contributed by atoms with E-state index in [2.05, 4.69) is 0 Å². The summed E-state index contributed by atoms with van der Waals surface area (Å²) in [4.78, 5) is 0. The zero-order valence-electron chi connectivity index (χ0n) is 12.8. The first-order valence-corrected chi connectivity index (χ1v) is 7.05. The third-order valence-electron chi connectivity index (χ3n) is 3.09. The van der Waals surface area contributed by atoms with Crippen molar-refractivity contribution >= 4 is 6.21 Å². The second kappa shape index (κ2) is 6.44. The van der Waals surface area contributed by atoms with Crippen molar-refractivity contribution < 1.29 is 14.7 Å². The lowest BCUT2D eigenvalue weighted by Gasteiger charge is -2.09. The number of hydrogen-bond donors (Lipinski definition) is 1. The first kappa shape index (κ1) is 15.1. The maximum Gasteiger partial charge on any atom is 0.223 e. The lowest BCUT2D eigenvalue weighted by atomic mass is 10.1. The van der Waals surface area contributed by atoms with Crippen molar-refractivity contribution in [1.29, 1.82) is 0 Å². The van der Waals surface area contributed by atoms with Crippen molar-refractivity contribution in [2.75, 3.05) is 0 Å². The van der Waals surface area contributed by atoms with E-state index in [0.29, 0.717) is 6.61 Å². The van der Waals surface area contributed by atoms with Crippen LogP contribution in [0.5, 0.6) is 5.75 Å². The molecule has 3 nitrogen and oxygen atoms in total. The molecule has 0 saturated carbocycles. The van der Waals surface area contributed by atoms with Crippen LogP contribution in [-0.2, 0) is 6.61 Å². The standard InChI is InChI=1S/C18H22NO2/c1-18(2,3)19(20)13-15-9-11-17(12-10-15)21-14-16-7-5-4-6-8-16/h4-13,20H,14H2,1-3H3/q+1/b19-13-. The van der Waals surface area contributed by atoms with Crippen molar-refractivity contribution in [1.82, 2.24) is 0 Å². The van der Waals surface area contributed by atoms with E-state index in [1.165, 1.54) is 4.74 Å². The van der Waals surface area contributed by atoms with Crippen LogP contribution in [0.25, 0.3) is 0 Å². The van der Waals surface area contributed by atoms with E-state index < -0.39 is 0 Å². The van der Waals surface area contributed by atoms with Gasteiger partial charge in [0.25, 0.3) is 0 Å².